The quantitative estimate of drug-likeness (QED) is 0.0883. The smallest absolute Gasteiger partial charge is 0.372 e. The summed E-state index contributed by atoms with van der Waals surface area (Å²) in [6.07, 6.45) is -2.56. The van der Waals surface area contributed by atoms with Crippen molar-refractivity contribution in [2.24, 2.45) is 0 Å². The second kappa shape index (κ2) is 13.4. The fraction of sp³-hybridized carbons (Fsp3) is 0.368. The summed E-state index contributed by atoms with van der Waals surface area (Å²) in [5.41, 5.74) is 0. The number of ether oxygens (including phenoxy) is 5. The Morgan fingerprint density at radius 2 is 1.48 bits per heavy atom. The van der Waals surface area contributed by atoms with Gasteiger partial charge in [-0.05, 0) is 107 Å². The van der Waals surface area contributed by atoms with E-state index < -0.39 is 42.7 Å². The zero-order chi connectivity index (χ0) is 23.7. The monoisotopic (exact) mass is 772 g/mol. The maximum atomic E-state index is 12.3. The lowest BCUT2D eigenvalue weighted by Gasteiger charge is -2.17. The molecule has 12 heteroatoms. The third-order valence-electron chi connectivity index (χ3n) is 3.30. The van der Waals surface area contributed by atoms with Crippen LogP contribution in [0.25, 0.3) is 0 Å². The molecule has 0 spiro atoms. The predicted octanol–water partition coefficient (Wildman–Crippen LogP) is 3.36. The van der Waals surface area contributed by atoms with E-state index in [-0.39, 0.29) is 12.4 Å². The Kier molecular flexibility index (Phi) is 12.0. The van der Waals surface area contributed by atoms with Crippen molar-refractivity contribution in [2.45, 2.75) is 33.0 Å². The molecule has 9 nitrogen and oxygen atoms in total. The molecule has 2 atom stereocenters. The zero-order valence-electron chi connectivity index (χ0n) is 16.7. The molecule has 170 valence electrons. The van der Waals surface area contributed by atoms with Crippen LogP contribution in [0.15, 0.2) is 24.5 Å². The van der Waals surface area contributed by atoms with E-state index in [4.69, 9.17) is 18.9 Å². The second-order valence-corrected chi connectivity index (χ2v) is 9.33. The van der Waals surface area contributed by atoms with Crippen LogP contribution in [0.3, 0.4) is 0 Å². The molecule has 0 heterocycles. The van der Waals surface area contributed by atoms with Gasteiger partial charge in [-0.2, -0.15) is 0 Å². The molecule has 0 aliphatic heterocycles. The summed E-state index contributed by atoms with van der Waals surface area (Å²) in [7, 11) is 0. The first-order chi connectivity index (χ1) is 14.5. The molecule has 31 heavy (non-hydrogen) atoms. The molecule has 0 saturated carbocycles. The molecule has 0 saturated heterocycles. The first-order valence-electron chi connectivity index (χ1n) is 8.71. The van der Waals surface area contributed by atoms with E-state index in [0.717, 1.165) is 10.7 Å². The molecule has 0 amide bonds. The van der Waals surface area contributed by atoms with Crippen LogP contribution in [0.2, 0.25) is 0 Å². The number of carbonyl (C=O) groups excluding carboxylic acids is 4. The van der Waals surface area contributed by atoms with Gasteiger partial charge in [0.25, 0.3) is 0 Å². The van der Waals surface area contributed by atoms with Crippen molar-refractivity contribution in [3.8, 4) is 5.75 Å². The third kappa shape index (κ3) is 9.46. The van der Waals surface area contributed by atoms with Crippen LogP contribution in [-0.4, -0.2) is 49.3 Å². The fourth-order valence-electron chi connectivity index (χ4n) is 1.82. The van der Waals surface area contributed by atoms with E-state index in [1.54, 1.807) is 6.92 Å². The van der Waals surface area contributed by atoms with Crippen molar-refractivity contribution in [3.63, 3.8) is 0 Å². The highest BCUT2D eigenvalue weighted by molar-refractivity contribution is 14.1. The van der Waals surface area contributed by atoms with Crippen molar-refractivity contribution in [1.29, 1.82) is 0 Å². The molecular formula is C19H19I3O9. The highest BCUT2D eigenvalue weighted by Gasteiger charge is 2.27. The van der Waals surface area contributed by atoms with E-state index in [1.807, 2.05) is 57.3 Å². The number of halogens is 3. The van der Waals surface area contributed by atoms with E-state index >= 15 is 0 Å². The Morgan fingerprint density at radius 3 is 2.03 bits per heavy atom. The Hall–Kier alpha value is -1.17. The van der Waals surface area contributed by atoms with Gasteiger partial charge in [-0.15, -0.1) is 0 Å². The minimum atomic E-state index is -1.32. The summed E-state index contributed by atoms with van der Waals surface area (Å²) in [5.74, 6) is -3.48. The number of hydrogen-bond acceptors (Lipinski definition) is 9. The van der Waals surface area contributed by atoms with E-state index in [0.29, 0.717) is 5.75 Å². The molecular weight excluding hydrogens is 753 g/mol. The Bertz CT molecular complexity index is 846. The van der Waals surface area contributed by atoms with Gasteiger partial charge in [0, 0.05) is 3.57 Å². The lowest BCUT2D eigenvalue weighted by molar-refractivity contribution is -0.175. The summed E-state index contributed by atoms with van der Waals surface area (Å²) in [6.45, 7) is 7.00. The van der Waals surface area contributed by atoms with Gasteiger partial charge in [-0.3, -0.25) is 0 Å². The summed E-state index contributed by atoms with van der Waals surface area (Å²) >= 11 is 6.22. The van der Waals surface area contributed by atoms with Crippen molar-refractivity contribution in [1.82, 2.24) is 0 Å². The van der Waals surface area contributed by atoms with Crippen LogP contribution in [0.1, 0.15) is 20.8 Å². The largest absolute Gasteiger partial charge is 0.475 e. The SMILES string of the molecule is C=C(OCC(=O)OC(C)C(=O)OC(C)C(=O)Oc1c(I)cc(I)cc1I)C(=O)OCC. The van der Waals surface area contributed by atoms with Crippen LogP contribution in [-0.2, 0) is 38.1 Å². The molecule has 0 radical (unpaired) electrons. The maximum absolute atomic E-state index is 12.3. The van der Waals surface area contributed by atoms with Gasteiger partial charge in [0.15, 0.2) is 30.3 Å². The van der Waals surface area contributed by atoms with Crippen LogP contribution < -0.4 is 4.74 Å². The van der Waals surface area contributed by atoms with Gasteiger partial charge >= 0.3 is 23.9 Å². The Labute approximate surface area is 219 Å². The molecule has 1 aromatic carbocycles. The minimum Gasteiger partial charge on any atom is -0.475 e. The molecule has 0 N–H and O–H groups in total. The normalized spacial score (nSPS) is 12.2. The lowest BCUT2D eigenvalue weighted by Crippen LogP contribution is -2.35. The number of hydrogen-bond donors (Lipinski definition) is 0. The van der Waals surface area contributed by atoms with Crippen molar-refractivity contribution in [2.75, 3.05) is 13.2 Å². The molecule has 1 aromatic rings. The molecule has 0 bridgehead atoms. The number of esters is 4. The van der Waals surface area contributed by atoms with Crippen molar-refractivity contribution < 1.29 is 42.9 Å². The van der Waals surface area contributed by atoms with E-state index in [1.165, 1.54) is 13.8 Å². The summed E-state index contributed by atoms with van der Waals surface area (Å²) in [5, 5.41) is 0. The molecule has 1 rings (SSSR count). The number of carbonyl (C=O) groups is 4. The predicted molar refractivity (Wildman–Crippen MR) is 133 cm³/mol. The van der Waals surface area contributed by atoms with Gasteiger partial charge in [0.1, 0.15) is 0 Å². The summed E-state index contributed by atoms with van der Waals surface area (Å²) < 4.78 is 27.2. The highest BCUT2D eigenvalue weighted by Crippen LogP contribution is 2.30. The molecule has 0 fully saturated rings. The Morgan fingerprint density at radius 1 is 0.935 bits per heavy atom. The minimum absolute atomic E-state index is 0.122. The zero-order valence-corrected chi connectivity index (χ0v) is 23.2. The molecule has 0 aliphatic carbocycles. The maximum Gasteiger partial charge on any atom is 0.372 e. The van der Waals surface area contributed by atoms with E-state index in [9.17, 15) is 19.2 Å². The topological polar surface area (TPSA) is 114 Å². The summed E-state index contributed by atoms with van der Waals surface area (Å²) in [4.78, 5) is 47.5. The van der Waals surface area contributed by atoms with Gasteiger partial charge in [0.2, 0.25) is 0 Å². The first kappa shape index (κ1) is 27.9. The fourth-order valence-corrected chi connectivity index (χ4v) is 5.63. The van der Waals surface area contributed by atoms with Gasteiger partial charge in [-0.1, -0.05) is 0 Å². The average molecular weight is 772 g/mol. The van der Waals surface area contributed by atoms with Gasteiger partial charge < -0.3 is 23.7 Å². The summed E-state index contributed by atoms with van der Waals surface area (Å²) in [6, 6.07) is 3.67. The first-order valence-corrected chi connectivity index (χ1v) is 11.9. The number of rotatable bonds is 10. The average Bonchev–Trinajstić information content (AvgIpc) is 2.68. The van der Waals surface area contributed by atoms with Gasteiger partial charge in [-0.25, -0.2) is 19.2 Å². The standard InChI is InChI=1S/C19H19I3O9/c1-5-27-17(24)9(2)28-8-15(23)29-10(3)18(25)30-11(4)19(26)31-16-13(21)6-12(20)7-14(16)22/h6-7,10-11H,2,5,8H2,1,3-4H3. The number of benzene rings is 1. The lowest BCUT2D eigenvalue weighted by atomic mass is 10.3. The third-order valence-corrected chi connectivity index (χ3v) is 5.52. The van der Waals surface area contributed by atoms with Crippen LogP contribution in [0.4, 0.5) is 0 Å². The van der Waals surface area contributed by atoms with Gasteiger partial charge in [0.05, 0.1) is 13.7 Å². The van der Waals surface area contributed by atoms with Crippen molar-refractivity contribution >= 4 is 91.6 Å². The molecule has 2 unspecified atom stereocenters. The molecule has 0 aliphatic rings. The van der Waals surface area contributed by atoms with Crippen LogP contribution in [0.5, 0.6) is 5.75 Å². The highest BCUT2D eigenvalue weighted by atomic mass is 127. The second-order valence-electron chi connectivity index (χ2n) is 5.76. The molecule has 0 aromatic heterocycles. The van der Waals surface area contributed by atoms with Crippen LogP contribution in [0, 0.1) is 10.7 Å². The van der Waals surface area contributed by atoms with Crippen LogP contribution >= 0.6 is 67.8 Å². The Balaban J connectivity index is 2.54. The van der Waals surface area contributed by atoms with Crippen molar-refractivity contribution in [3.05, 3.63) is 35.2 Å². The van der Waals surface area contributed by atoms with E-state index in [2.05, 4.69) is 33.9 Å².